The normalized spacial score (nSPS) is 10.3. The van der Waals surface area contributed by atoms with Crippen molar-refractivity contribution in [1.82, 2.24) is 4.90 Å². The predicted octanol–water partition coefficient (Wildman–Crippen LogP) is 1.73. The molecular weight excluding hydrogens is 270 g/mol. The van der Waals surface area contributed by atoms with E-state index in [-0.39, 0.29) is 23.0 Å². The first-order chi connectivity index (χ1) is 9.15. The highest BCUT2D eigenvalue weighted by molar-refractivity contribution is 6.18. The Kier molecular flexibility index (Phi) is 6.45. The maximum absolute atomic E-state index is 12.3. The molecule has 0 saturated carbocycles. The third-order valence-corrected chi connectivity index (χ3v) is 2.83. The van der Waals surface area contributed by atoms with Crippen LogP contribution < -0.4 is 4.74 Å². The highest BCUT2D eigenvalue weighted by Gasteiger charge is 2.20. The van der Waals surface area contributed by atoms with Crippen LogP contribution in [0.1, 0.15) is 10.4 Å². The van der Waals surface area contributed by atoms with Crippen molar-refractivity contribution in [3.63, 3.8) is 0 Å². The number of carbonyl (C=O) groups is 1. The van der Waals surface area contributed by atoms with Gasteiger partial charge in [-0.3, -0.25) is 4.79 Å². The Morgan fingerprint density at radius 1 is 1.37 bits per heavy atom. The van der Waals surface area contributed by atoms with Gasteiger partial charge in [0.1, 0.15) is 0 Å². The molecular formula is C13H18ClNO4. The van der Waals surface area contributed by atoms with Crippen LogP contribution in [0.3, 0.4) is 0 Å². The number of benzene rings is 1. The SMILES string of the molecule is COCCN(CCCl)C(=O)c1cccc(OC)c1O. The highest BCUT2D eigenvalue weighted by atomic mass is 35.5. The van der Waals surface area contributed by atoms with Gasteiger partial charge < -0.3 is 19.5 Å². The van der Waals surface area contributed by atoms with Crippen molar-refractivity contribution in [2.24, 2.45) is 0 Å². The quantitative estimate of drug-likeness (QED) is 0.776. The minimum absolute atomic E-state index is 0.160. The number of phenolic OH excluding ortho intramolecular Hbond substituents is 1. The number of halogens is 1. The third-order valence-electron chi connectivity index (χ3n) is 2.66. The number of hydrogen-bond donors (Lipinski definition) is 1. The van der Waals surface area contributed by atoms with Crippen LogP contribution in [0.5, 0.6) is 11.5 Å². The maximum Gasteiger partial charge on any atom is 0.257 e. The Bertz CT molecular complexity index is 425. The summed E-state index contributed by atoms with van der Waals surface area (Å²) in [6.45, 7) is 1.21. The van der Waals surface area contributed by atoms with Crippen molar-refractivity contribution >= 4 is 17.5 Å². The molecule has 0 radical (unpaired) electrons. The number of alkyl halides is 1. The largest absolute Gasteiger partial charge is 0.504 e. The molecule has 1 rings (SSSR count). The van der Waals surface area contributed by atoms with Crippen LogP contribution in [0.25, 0.3) is 0 Å². The minimum atomic E-state index is -0.297. The lowest BCUT2D eigenvalue weighted by molar-refractivity contribution is 0.0704. The fourth-order valence-electron chi connectivity index (χ4n) is 1.65. The summed E-state index contributed by atoms with van der Waals surface area (Å²) in [4.78, 5) is 13.9. The van der Waals surface area contributed by atoms with Gasteiger partial charge in [-0.05, 0) is 12.1 Å². The molecule has 0 heterocycles. The van der Waals surface area contributed by atoms with Crippen LogP contribution in [-0.4, -0.2) is 55.7 Å². The summed E-state index contributed by atoms with van der Waals surface area (Å²) in [5.74, 6) is 0.129. The van der Waals surface area contributed by atoms with Gasteiger partial charge in [-0.25, -0.2) is 0 Å². The third kappa shape index (κ3) is 4.01. The van der Waals surface area contributed by atoms with Crippen molar-refractivity contribution in [3.05, 3.63) is 23.8 Å². The van der Waals surface area contributed by atoms with Gasteiger partial charge >= 0.3 is 0 Å². The molecule has 0 aliphatic heterocycles. The van der Waals surface area contributed by atoms with E-state index >= 15 is 0 Å². The topological polar surface area (TPSA) is 59.0 Å². The maximum atomic E-state index is 12.3. The van der Waals surface area contributed by atoms with Crippen LogP contribution in [0.4, 0.5) is 0 Å². The van der Waals surface area contributed by atoms with E-state index in [1.807, 2.05) is 0 Å². The smallest absolute Gasteiger partial charge is 0.257 e. The molecule has 0 saturated heterocycles. The van der Waals surface area contributed by atoms with Gasteiger partial charge in [-0.1, -0.05) is 6.07 Å². The zero-order chi connectivity index (χ0) is 14.3. The van der Waals surface area contributed by atoms with Crippen LogP contribution >= 0.6 is 11.6 Å². The minimum Gasteiger partial charge on any atom is -0.504 e. The summed E-state index contributed by atoms with van der Waals surface area (Å²) >= 11 is 5.68. The van der Waals surface area contributed by atoms with E-state index in [0.717, 1.165) is 0 Å². The molecule has 0 aliphatic carbocycles. The average molecular weight is 288 g/mol. The Morgan fingerprint density at radius 2 is 2.11 bits per heavy atom. The Labute approximate surface area is 117 Å². The molecule has 1 amide bonds. The molecule has 0 atom stereocenters. The lowest BCUT2D eigenvalue weighted by atomic mass is 10.1. The van der Waals surface area contributed by atoms with Gasteiger partial charge in [-0.2, -0.15) is 0 Å². The lowest BCUT2D eigenvalue weighted by Crippen LogP contribution is -2.35. The number of ether oxygens (including phenoxy) is 2. The van der Waals surface area contributed by atoms with Crippen LogP contribution in [-0.2, 0) is 4.74 Å². The van der Waals surface area contributed by atoms with E-state index in [1.54, 1.807) is 25.3 Å². The molecule has 106 valence electrons. The van der Waals surface area contributed by atoms with Gasteiger partial charge in [0.2, 0.25) is 0 Å². The number of rotatable bonds is 7. The van der Waals surface area contributed by atoms with E-state index in [0.29, 0.717) is 25.6 Å². The summed E-state index contributed by atoms with van der Waals surface area (Å²) in [6, 6.07) is 4.79. The Balaban J connectivity index is 2.95. The van der Waals surface area contributed by atoms with Crippen molar-refractivity contribution < 1.29 is 19.4 Å². The number of para-hydroxylation sites is 1. The number of methoxy groups -OCH3 is 2. The molecule has 6 heteroatoms. The highest BCUT2D eigenvalue weighted by Crippen LogP contribution is 2.30. The second-order valence-corrected chi connectivity index (χ2v) is 4.21. The summed E-state index contributed by atoms with van der Waals surface area (Å²) in [7, 11) is 3.00. The fourth-order valence-corrected chi connectivity index (χ4v) is 1.85. The number of nitrogens with zero attached hydrogens (tertiary/aromatic N) is 1. The summed E-state index contributed by atoms with van der Waals surface area (Å²) in [5, 5.41) is 9.97. The van der Waals surface area contributed by atoms with Gasteiger partial charge in [0, 0.05) is 26.1 Å². The first kappa shape index (κ1) is 15.6. The molecule has 1 aromatic carbocycles. The van der Waals surface area contributed by atoms with Crippen molar-refractivity contribution in [3.8, 4) is 11.5 Å². The summed E-state index contributed by atoms with van der Waals surface area (Å²) in [5.41, 5.74) is 0.195. The predicted molar refractivity (Wildman–Crippen MR) is 73.2 cm³/mol. The molecule has 1 N–H and O–H groups in total. The molecule has 0 fully saturated rings. The zero-order valence-electron chi connectivity index (χ0n) is 11.1. The van der Waals surface area contributed by atoms with Crippen LogP contribution in [0, 0.1) is 0 Å². The van der Waals surface area contributed by atoms with Crippen molar-refractivity contribution in [2.75, 3.05) is 39.8 Å². The molecule has 19 heavy (non-hydrogen) atoms. The van der Waals surface area contributed by atoms with Gasteiger partial charge in [0.15, 0.2) is 11.5 Å². The van der Waals surface area contributed by atoms with Crippen molar-refractivity contribution in [2.45, 2.75) is 0 Å². The molecule has 1 aromatic rings. The summed E-state index contributed by atoms with van der Waals surface area (Å²) in [6.07, 6.45) is 0. The number of carbonyl (C=O) groups excluding carboxylic acids is 1. The Morgan fingerprint density at radius 3 is 2.68 bits per heavy atom. The molecule has 0 spiro atoms. The van der Waals surface area contributed by atoms with Crippen LogP contribution in [0.15, 0.2) is 18.2 Å². The monoisotopic (exact) mass is 287 g/mol. The lowest BCUT2D eigenvalue weighted by Gasteiger charge is -2.22. The number of amides is 1. The first-order valence-electron chi connectivity index (χ1n) is 5.85. The fraction of sp³-hybridized carbons (Fsp3) is 0.462. The molecule has 0 aromatic heterocycles. The van der Waals surface area contributed by atoms with E-state index in [4.69, 9.17) is 21.1 Å². The molecule has 0 bridgehead atoms. The van der Waals surface area contributed by atoms with Gasteiger partial charge in [0.05, 0.1) is 19.3 Å². The van der Waals surface area contributed by atoms with Gasteiger partial charge in [0.25, 0.3) is 5.91 Å². The Hall–Kier alpha value is -1.46. The standard InChI is InChI=1S/C13H18ClNO4/c1-18-9-8-15(7-6-14)13(17)10-4-3-5-11(19-2)12(10)16/h3-5,16H,6-9H2,1-2H3. The van der Waals surface area contributed by atoms with E-state index in [1.165, 1.54) is 12.0 Å². The number of phenols is 1. The molecule has 0 unspecified atom stereocenters. The first-order valence-corrected chi connectivity index (χ1v) is 6.39. The second kappa shape index (κ2) is 7.86. The van der Waals surface area contributed by atoms with Crippen LogP contribution in [0.2, 0.25) is 0 Å². The molecule has 0 aliphatic rings. The average Bonchev–Trinajstić information content (AvgIpc) is 2.43. The van der Waals surface area contributed by atoms with E-state index < -0.39 is 0 Å². The second-order valence-electron chi connectivity index (χ2n) is 3.83. The van der Waals surface area contributed by atoms with E-state index in [9.17, 15) is 9.90 Å². The zero-order valence-corrected chi connectivity index (χ0v) is 11.8. The summed E-state index contributed by atoms with van der Waals surface area (Å²) < 4.78 is 9.94. The van der Waals surface area contributed by atoms with Crippen molar-refractivity contribution in [1.29, 1.82) is 0 Å². The number of hydrogen-bond acceptors (Lipinski definition) is 4. The van der Waals surface area contributed by atoms with E-state index in [2.05, 4.69) is 0 Å². The molecule has 5 nitrogen and oxygen atoms in total. The number of aromatic hydroxyl groups is 1. The van der Waals surface area contributed by atoms with Gasteiger partial charge in [-0.15, -0.1) is 11.6 Å².